The largest absolute Gasteiger partial charge is 0.465 e. The van der Waals surface area contributed by atoms with Crippen LogP contribution in [0.3, 0.4) is 0 Å². The Kier molecular flexibility index (Phi) is 4.96. The number of anilines is 1. The summed E-state index contributed by atoms with van der Waals surface area (Å²) in [6.45, 7) is 1.81. The molecule has 3 N–H and O–H groups in total. The third kappa shape index (κ3) is 3.82. The molecule has 0 bridgehead atoms. The fraction of sp³-hybridized carbons (Fsp3) is 0.500. The van der Waals surface area contributed by atoms with E-state index >= 15 is 0 Å². The van der Waals surface area contributed by atoms with Crippen molar-refractivity contribution in [2.45, 2.75) is 38.6 Å². The second-order valence-corrected chi connectivity index (χ2v) is 5.63. The lowest BCUT2D eigenvalue weighted by atomic mass is 10.00. The molecule has 1 aromatic carbocycles. The van der Waals surface area contributed by atoms with Gasteiger partial charge in [0, 0.05) is 18.2 Å². The minimum Gasteiger partial charge on any atom is -0.465 e. The molecule has 0 heterocycles. The molecule has 5 nitrogen and oxygen atoms in total. The topological polar surface area (TPSA) is 81.4 Å². The van der Waals surface area contributed by atoms with Gasteiger partial charge in [-0.15, -0.1) is 0 Å². The summed E-state index contributed by atoms with van der Waals surface area (Å²) in [5, 5.41) is 2.87. The molecule has 0 aromatic heterocycles. The van der Waals surface area contributed by atoms with E-state index in [-0.39, 0.29) is 23.8 Å². The van der Waals surface area contributed by atoms with Crippen molar-refractivity contribution in [3.8, 4) is 0 Å². The zero-order valence-corrected chi connectivity index (χ0v) is 12.5. The van der Waals surface area contributed by atoms with Gasteiger partial charge in [-0.2, -0.15) is 0 Å². The minimum absolute atomic E-state index is 0.0254. The number of ether oxygens (including phenoxy) is 1. The predicted octanol–water partition coefficient (Wildman–Crippen LogP) is 2.24. The lowest BCUT2D eigenvalue weighted by Crippen LogP contribution is -2.28. The number of benzene rings is 1. The van der Waals surface area contributed by atoms with Crippen LogP contribution in [0.15, 0.2) is 18.2 Å². The molecular formula is C16H22N2O3. The molecule has 0 unspecified atom stereocenters. The SMILES string of the molecule is COC(=O)c1ccc(NC(=O)C[C@@H]2CCC[C@H]2N)cc1C. The van der Waals surface area contributed by atoms with Crippen molar-refractivity contribution >= 4 is 17.6 Å². The second kappa shape index (κ2) is 6.72. The molecular weight excluding hydrogens is 268 g/mol. The first-order valence-electron chi connectivity index (χ1n) is 7.25. The average molecular weight is 290 g/mol. The molecule has 1 aliphatic rings. The van der Waals surface area contributed by atoms with E-state index < -0.39 is 0 Å². The molecule has 1 fully saturated rings. The van der Waals surface area contributed by atoms with E-state index in [4.69, 9.17) is 10.5 Å². The Morgan fingerprint density at radius 1 is 1.38 bits per heavy atom. The Labute approximate surface area is 124 Å². The first-order chi connectivity index (χ1) is 10.0. The molecule has 114 valence electrons. The van der Waals surface area contributed by atoms with Gasteiger partial charge in [-0.05, 0) is 49.4 Å². The van der Waals surface area contributed by atoms with Gasteiger partial charge in [-0.1, -0.05) is 6.42 Å². The molecule has 1 amide bonds. The van der Waals surface area contributed by atoms with E-state index in [1.807, 2.05) is 6.92 Å². The predicted molar refractivity (Wildman–Crippen MR) is 81.1 cm³/mol. The van der Waals surface area contributed by atoms with Crippen LogP contribution < -0.4 is 11.1 Å². The fourth-order valence-electron chi connectivity index (χ4n) is 2.85. The number of aryl methyl sites for hydroxylation is 1. The molecule has 1 saturated carbocycles. The van der Waals surface area contributed by atoms with Gasteiger partial charge in [-0.3, -0.25) is 4.79 Å². The highest BCUT2D eigenvalue weighted by Gasteiger charge is 2.26. The van der Waals surface area contributed by atoms with Crippen molar-refractivity contribution in [2.75, 3.05) is 12.4 Å². The van der Waals surface area contributed by atoms with E-state index in [1.165, 1.54) is 7.11 Å². The number of methoxy groups -OCH3 is 1. The van der Waals surface area contributed by atoms with Crippen LogP contribution in [-0.2, 0) is 9.53 Å². The summed E-state index contributed by atoms with van der Waals surface area (Å²) in [5.74, 6) is -0.120. The maximum Gasteiger partial charge on any atom is 0.338 e. The van der Waals surface area contributed by atoms with Gasteiger partial charge >= 0.3 is 5.97 Å². The number of carbonyl (C=O) groups excluding carboxylic acids is 2. The standard InChI is InChI=1S/C16H22N2O3/c1-10-8-12(6-7-13(10)16(20)21-2)18-15(19)9-11-4-3-5-14(11)17/h6-8,11,14H,3-5,9,17H2,1-2H3,(H,18,19)/t11-,14+/m0/s1. The highest BCUT2D eigenvalue weighted by molar-refractivity contribution is 5.94. The van der Waals surface area contributed by atoms with E-state index in [1.54, 1.807) is 18.2 Å². The summed E-state index contributed by atoms with van der Waals surface area (Å²) in [6.07, 6.45) is 3.59. The number of rotatable bonds is 4. The third-order valence-corrected chi connectivity index (χ3v) is 4.08. The monoisotopic (exact) mass is 290 g/mol. The number of amides is 1. The fourth-order valence-corrected chi connectivity index (χ4v) is 2.85. The Hall–Kier alpha value is -1.88. The number of hydrogen-bond donors (Lipinski definition) is 2. The average Bonchev–Trinajstić information content (AvgIpc) is 2.83. The lowest BCUT2D eigenvalue weighted by molar-refractivity contribution is -0.117. The molecule has 0 aliphatic heterocycles. The number of hydrogen-bond acceptors (Lipinski definition) is 4. The van der Waals surface area contributed by atoms with Gasteiger partial charge < -0.3 is 15.8 Å². The maximum atomic E-state index is 12.0. The first-order valence-corrected chi connectivity index (χ1v) is 7.25. The Balaban J connectivity index is 1.98. The lowest BCUT2D eigenvalue weighted by Gasteiger charge is -2.15. The van der Waals surface area contributed by atoms with Crippen LogP contribution in [0.5, 0.6) is 0 Å². The summed E-state index contributed by atoms with van der Waals surface area (Å²) in [6, 6.07) is 5.29. The van der Waals surface area contributed by atoms with E-state index in [0.29, 0.717) is 17.7 Å². The second-order valence-electron chi connectivity index (χ2n) is 5.63. The van der Waals surface area contributed by atoms with Crippen LogP contribution in [0.4, 0.5) is 5.69 Å². The quantitative estimate of drug-likeness (QED) is 0.833. The molecule has 0 spiro atoms. The molecule has 5 heteroatoms. The van der Waals surface area contributed by atoms with Crippen molar-refractivity contribution in [1.29, 1.82) is 0 Å². The summed E-state index contributed by atoms with van der Waals surface area (Å²) < 4.78 is 4.70. The molecule has 0 saturated heterocycles. The van der Waals surface area contributed by atoms with Crippen molar-refractivity contribution in [3.63, 3.8) is 0 Å². The number of nitrogens with one attached hydrogen (secondary N) is 1. The number of carbonyl (C=O) groups is 2. The highest BCUT2D eigenvalue weighted by atomic mass is 16.5. The third-order valence-electron chi connectivity index (χ3n) is 4.08. The zero-order chi connectivity index (χ0) is 15.4. The molecule has 21 heavy (non-hydrogen) atoms. The maximum absolute atomic E-state index is 12.0. The smallest absolute Gasteiger partial charge is 0.338 e. The van der Waals surface area contributed by atoms with Crippen LogP contribution in [0.2, 0.25) is 0 Å². The summed E-state index contributed by atoms with van der Waals surface area (Å²) in [4.78, 5) is 23.6. The van der Waals surface area contributed by atoms with Crippen molar-refractivity contribution in [3.05, 3.63) is 29.3 Å². The van der Waals surface area contributed by atoms with Gasteiger partial charge in [-0.25, -0.2) is 4.79 Å². The van der Waals surface area contributed by atoms with Crippen LogP contribution in [0.1, 0.15) is 41.6 Å². The Morgan fingerprint density at radius 2 is 2.14 bits per heavy atom. The van der Waals surface area contributed by atoms with E-state index in [0.717, 1.165) is 24.8 Å². The summed E-state index contributed by atoms with van der Waals surface area (Å²) in [5.41, 5.74) is 7.96. The van der Waals surface area contributed by atoms with Gasteiger partial charge in [0.1, 0.15) is 0 Å². The Morgan fingerprint density at radius 3 is 2.71 bits per heavy atom. The van der Waals surface area contributed by atoms with E-state index in [9.17, 15) is 9.59 Å². The van der Waals surface area contributed by atoms with Gasteiger partial charge in [0.05, 0.1) is 12.7 Å². The van der Waals surface area contributed by atoms with Crippen LogP contribution in [0, 0.1) is 12.8 Å². The summed E-state index contributed by atoms with van der Waals surface area (Å²) in [7, 11) is 1.35. The van der Waals surface area contributed by atoms with Crippen molar-refractivity contribution in [2.24, 2.45) is 11.7 Å². The summed E-state index contributed by atoms with van der Waals surface area (Å²) >= 11 is 0. The number of esters is 1. The van der Waals surface area contributed by atoms with E-state index in [2.05, 4.69) is 5.32 Å². The van der Waals surface area contributed by atoms with Crippen molar-refractivity contribution in [1.82, 2.24) is 0 Å². The van der Waals surface area contributed by atoms with Crippen LogP contribution in [0.25, 0.3) is 0 Å². The van der Waals surface area contributed by atoms with Gasteiger partial charge in [0.2, 0.25) is 5.91 Å². The molecule has 2 rings (SSSR count). The first kappa shape index (κ1) is 15.5. The molecule has 0 radical (unpaired) electrons. The van der Waals surface area contributed by atoms with Gasteiger partial charge in [0.25, 0.3) is 0 Å². The van der Waals surface area contributed by atoms with Crippen molar-refractivity contribution < 1.29 is 14.3 Å². The van der Waals surface area contributed by atoms with Crippen LogP contribution >= 0.6 is 0 Å². The van der Waals surface area contributed by atoms with Gasteiger partial charge in [0.15, 0.2) is 0 Å². The normalized spacial score (nSPS) is 21.1. The molecule has 1 aliphatic carbocycles. The highest BCUT2D eigenvalue weighted by Crippen LogP contribution is 2.27. The minimum atomic E-state index is -0.373. The number of nitrogens with two attached hydrogens (primary N) is 1. The zero-order valence-electron chi connectivity index (χ0n) is 12.5. The Bertz CT molecular complexity index is 542. The molecule has 2 atom stereocenters. The van der Waals surface area contributed by atoms with Crippen LogP contribution in [-0.4, -0.2) is 25.0 Å². The molecule has 1 aromatic rings.